The Hall–Kier alpha value is -4.93. The van der Waals surface area contributed by atoms with Gasteiger partial charge in [-0.2, -0.15) is 0 Å². The predicted octanol–water partition coefficient (Wildman–Crippen LogP) is 6.89. The first-order valence-electron chi connectivity index (χ1n) is 13.7. The van der Waals surface area contributed by atoms with Crippen LogP contribution in [0.15, 0.2) is 102 Å². The molecule has 45 heavy (non-hydrogen) atoms. The number of rotatable bonds is 12. The van der Waals surface area contributed by atoms with Crippen LogP contribution in [-0.2, 0) is 9.59 Å². The third-order valence-electron chi connectivity index (χ3n) is 6.46. The van der Waals surface area contributed by atoms with Crippen molar-refractivity contribution in [1.29, 1.82) is 0 Å². The van der Waals surface area contributed by atoms with Crippen LogP contribution in [0.25, 0.3) is 6.08 Å². The molecule has 3 amide bonds. The minimum Gasteiger partial charge on any atom is -0.497 e. The smallest absolute Gasteiger partial charge is 0.272 e. The Kier molecular flexibility index (Phi) is 11.5. The second-order valence-corrected chi connectivity index (χ2v) is 11.4. The van der Waals surface area contributed by atoms with Gasteiger partial charge in [-0.05, 0) is 73.7 Å². The Morgan fingerprint density at radius 3 is 2.20 bits per heavy atom. The zero-order valence-corrected chi connectivity index (χ0v) is 26.6. The summed E-state index contributed by atoms with van der Waals surface area (Å²) in [7, 11) is 4.56. The molecule has 0 saturated heterocycles. The zero-order valence-electron chi connectivity index (χ0n) is 25.1. The number of halogens is 1. The van der Waals surface area contributed by atoms with Crippen LogP contribution in [0.5, 0.6) is 17.2 Å². The number of amides is 3. The van der Waals surface area contributed by atoms with E-state index in [9.17, 15) is 14.4 Å². The number of benzene rings is 4. The first-order chi connectivity index (χ1) is 21.7. The molecule has 11 heteroatoms. The number of hydrogen-bond acceptors (Lipinski definition) is 7. The lowest BCUT2D eigenvalue weighted by Gasteiger charge is -2.15. The summed E-state index contributed by atoms with van der Waals surface area (Å²) in [6.07, 6.45) is 1.53. The van der Waals surface area contributed by atoms with E-state index in [2.05, 4.69) is 16.0 Å². The van der Waals surface area contributed by atoms with E-state index in [0.717, 1.165) is 4.90 Å². The standard InChI is InChI=1S/C34H32ClN3O6S/c1-21(32(39)36-25-14-16-30(43-3)28(35)19-25)45-27-12-8-11-24(18-27)37-34(41)29(38-33(40)22-9-6-5-7-10-22)17-23-13-15-26(42-2)20-31(23)44-4/h5-21H,1-4H3,(H,36,39)(H,37,41)(H,38,40)/b29-17+. The molecule has 0 spiro atoms. The summed E-state index contributed by atoms with van der Waals surface area (Å²) < 4.78 is 15.9. The van der Waals surface area contributed by atoms with Gasteiger partial charge >= 0.3 is 0 Å². The number of nitrogens with one attached hydrogen (secondary N) is 3. The maximum Gasteiger partial charge on any atom is 0.272 e. The first kappa shape index (κ1) is 33.0. The van der Waals surface area contributed by atoms with Crippen molar-refractivity contribution in [3.8, 4) is 17.2 Å². The molecule has 0 radical (unpaired) electrons. The molecule has 232 valence electrons. The van der Waals surface area contributed by atoms with Crippen molar-refractivity contribution in [2.45, 2.75) is 17.1 Å². The van der Waals surface area contributed by atoms with E-state index in [4.69, 9.17) is 25.8 Å². The van der Waals surface area contributed by atoms with Crippen molar-refractivity contribution in [3.05, 3.63) is 113 Å². The van der Waals surface area contributed by atoms with Crippen LogP contribution in [0.1, 0.15) is 22.8 Å². The van der Waals surface area contributed by atoms with Crippen molar-refractivity contribution in [2.24, 2.45) is 0 Å². The summed E-state index contributed by atoms with van der Waals surface area (Å²) in [5, 5.41) is 8.34. The van der Waals surface area contributed by atoms with Gasteiger partial charge in [-0.15, -0.1) is 11.8 Å². The summed E-state index contributed by atoms with van der Waals surface area (Å²) in [4.78, 5) is 40.2. The molecule has 4 rings (SSSR count). The van der Waals surface area contributed by atoms with Crippen LogP contribution < -0.4 is 30.2 Å². The fourth-order valence-corrected chi connectivity index (χ4v) is 5.31. The highest BCUT2D eigenvalue weighted by Gasteiger charge is 2.18. The quantitative estimate of drug-likeness (QED) is 0.113. The molecule has 4 aromatic carbocycles. The van der Waals surface area contributed by atoms with Crippen LogP contribution in [0.3, 0.4) is 0 Å². The lowest BCUT2D eigenvalue weighted by molar-refractivity contribution is -0.115. The number of hydrogen-bond donors (Lipinski definition) is 3. The minimum atomic E-state index is -0.554. The summed E-state index contributed by atoms with van der Waals surface area (Å²) in [6, 6.07) is 25.8. The fraction of sp³-hybridized carbons (Fsp3) is 0.147. The molecule has 0 heterocycles. The molecule has 0 aliphatic carbocycles. The molecular formula is C34H32ClN3O6S. The van der Waals surface area contributed by atoms with E-state index in [-0.39, 0.29) is 11.6 Å². The van der Waals surface area contributed by atoms with Gasteiger partial charge < -0.3 is 30.2 Å². The molecular weight excluding hydrogens is 614 g/mol. The molecule has 3 N–H and O–H groups in total. The largest absolute Gasteiger partial charge is 0.497 e. The van der Waals surface area contributed by atoms with Crippen molar-refractivity contribution in [2.75, 3.05) is 32.0 Å². The molecule has 0 aromatic heterocycles. The van der Waals surface area contributed by atoms with Gasteiger partial charge in [0, 0.05) is 33.5 Å². The second-order valence-electron chi connectivity index (χ2n) is 9.57. The number of anilines is 2. The van der Waals surface area contributed by atoms with Gasteiger partial charge in [-0.25, -0.2) is 0 Å². The van der Waals surface area contributed by atoms with Gasteiger partial charge in [-0.3, -0.25) is 14.4 Å². The van der Waals surface area contributed by atoms with Gasteiger partial charge in [0.1, 0.15) is 22.9 Å². The number of carbonyl (C=O) groups is 3. The van der Waals surface area contributed by atoms with Crippen LogP contribution in [0, 0.1) is 0 Å². The van der Waals surface area contributed by atoms with E-state index in [0.29, 0.717) is 44.8 Å². The highest BCUT2D eigenvalue weighted by Crippen LogP contribution is 2.30. The first-order valence-corrected chi connectivity index (χ1v) is 15.0. The molecule has 9 nitrogen and oxygen atoms in total. The van der Waals surface area contributed by atoms with Crippen LogP contribution >= 0.6 is 23.4 Å². The van der Waals surface area contributed by atoms with Gasteiger partial charge in [0.05, 0.1) is 31.6 Å². The second kappa shape index (κ2) is 15.7. The number of carbonyl (C=O) groups excluding carboxylic acids is 3. The molecule has 0 saturated carbocycles. The maximum atomic E-state index is 13.6. The number of thioether (sulfide) groups is 1. The fourth-order valence-electron chi connectivity index (χ4n) is 4.13. The molecule has 1 atom stereocenters. The van der Waals surface area contributed by atoms with E-state index in [1.54, 1.807) is 99.0 Å². The maximum absolute atomic E-state index is 13.6. The Labute approximate surface area is 270 Å². The van der Waals surface area contributed by atoms with E-state index < -0.39 is 17.1 Å². The lowest BCUT2D eigenvalue weighted by atomic mass is 10.1. The van der Waals surface area contributed by atoms with Crippen molar-refractivity contribution in [1.82, 2.24) is 5.32 Å². The Bertz CT molecular complexity index is 1710. The summed E-state index contributed by atoms with van der Waals surface area (Å²) >= 11 is 7.50. The molecule has 0 fully saturated rings. The van der Waals surface area contributed by atoms with Gasteiger partial charge in [0.25, 0.3) is 11.8 Å². The Morgan fingerprint density at radius 1 is 0.778 bits per heavy atom. The average Bonchev–Trinajstić information content (AvgIpc) is 3.05. The Balaban J connectivity index is 1.51. The van der Waals surface area contributed by atoms with Crippen molar-refractivity contribution in [3.63, 3.8) is 0 Å². The highest BCUT2D eigenvalue weighted by atomic mass is 35.5. The lowest BCUT2D eigenvalue weighted by Crippen LogP contribution is -2.30. The summed E-state index contributed by atoms with van der Waals surface area (Å²) in [5.74, 6) is 0.312. The molecule has 1 unspecified atom stereocenters. The highest BCUT2D eigenvalue weighted by molar-refractivity contribution is 8.00. The third kappa shape index (κ3) is 9.04. The predicted molar refractivity (Wildman–Crippen MR) is 178 cm³/mol. The number of methoxy groups -OCH3 is 3. The normalized spacial score (nSPS) is 11.6. The van der Waals surface area contributed by atoms with Gasteiger partial charge in [0.2, 0.25) is 5.91 Å². The van der Waals surface area contributed by atoms with Crippen molar-refractivity contribution >= 4 is 58.5 Å². The summed E-state index contributed by atoms with van der Waals surface area (Å²) in [6.45, 7) is 1.78. The van der Waals surface area contributed by atoms with Crippen molar-refractivity contribution < 1.29 is 28.6 Å². The average molecular weight is 646 g/mol. The van der Waals surface area contributed by atoms with Crippen LogP contribution in [-0.4, -0.2) is 44.3 Å². The minimum absolute atomic E-state index is 0.00345. The summed E-state index contributed by atoms with van der Waals surface area (Å²) in [5.41, 5.74) is 1.96. The Morgan fingerprint density at radius 2 is 1.51 bits per heavy atom. The van der Waals surface area contributed by atoms with Gasteiger partial charge in [0.15, 0.2) is 0 Å². The SMILES string of the molecule is COc1ccc(/C=C(/NC(=O)c2ccccc2)C(=O)Nc2cccc(SC(C)C(=O)Nc3ccc(OC)c(Cl)c3)c2)c(OC)c1. The molecule has 0 bridgehead atoms. The van der Waals surface area contributed by atoms with Gasteiger partial charge in [-0.1, -0.05) is 35.9 Å². The molecule has 0 aliphatic rings. The van der Waals surface area contributed by atoms with E-state index >= 15 is 0 Å². The van der Waals surface area contributed by atoms with E-state index in [1.807, 2.05) is 6.07 Å². The monoisotopic (exact) mass is 645 g/mol. The molecule has 4 aromatic rings. The zero-order chi connectivity index (χ0) is 32.3. The molecule has 0 aliphatic heterocycles. The van der Waals surface area contributed by atoms with Crippen LogP contribution in [0.2, 0.25) is 5.02 Å². The topological polar surface area (TPSA) is 115 Å². The van der Waals surface area contributed by atoms with Crippen LogP contribution in [0.4, 0.5) is 11.4 Å². The third-order valence-corrected chi connectivity index (χ3v) is 7.85. The number of ether oxygens (including phenoxy) is 3. The van der Waals surface area contributed by atoms with E-state index in [1.165, 1.54) is 32.1 Å².